The summed E-state index contributed by atoms with van der Waals surface area (Å²) < 4.78 is 4.56. The topological polar surface area (TPSA) is 0 Å². The first-order chi connectivity index (χ1) is 12.4. The molecule has 1 aliphatic heterocycles. The molecule has 120 valence electrons. The molecule has 3 aromatic rings. The monoisotopic (exact) mass is 398 g/mol. The average Bonchev–Trinajstić information content (AvgIpc) is 3.21. The third-order valence-corrected chi connectivity index (χ3v) is 19.4. The Balaban J connectivity index is 1.55. The van der Waals surface area contributed by atoms with Crippen LogP contribution < -0.4 is 0 Å². The van der Waals surface area contributed by atoms with Gasteiger partial charge in [-0.2, -0.15) is 0 Å². The van der Waals surface area contributed by atoms with Gasteiger partial charge in [0.25, 0.3) is 0 Å². The van der Waals surface area contributed by atoms with Crippen molar-refractivity contribution < 1.29 is 20.3 Å². The van der Waals surface area contributed by atoms with E-state index in [1.54, 1.807) is 16.7 Å². The molecule has 0 nitrogen and oxygen atoms in total. The van der Waals surface area contributed by atoms with E-state index in [1.165, 1.54) is 24.9 Å². The van der Waals surface area contributed by atoms with Crippen LogP contribution in [0.25, 0.3) is 17.2 Å². The number of allylic oxidation sites excluding steroid dienone is 1. The Labute approximate surface area is 153 Å². The van der Waals surface area contributed by atoms with Gasteiger partial charge in [-0.25, -0.2) is 0 Å². The van der Waals surface area contributed by atoms with Crippen LogP contribution in [-0.4, -0.2) is 0 Å². The van der Waals surface area contributed by atoms with Crippen LogP contribution in [0.1, 0.15) is 29.5 Å². The van der Waals surface area contributed by atoms with Crippen LogP contribution in [0.2, 0.25) is 8.26 Å². The Kier molecular flexibility index (Phi) is 2.98. The molecule has 0 N–H and O–H groups in total. The van der Waals surface area contributed by atoms with Crippen LogP contribution in [0.5, 0.6) is 0 Å². The van der Waals surface area contributed by atoms with Crippen LogP contribution in [0.15, 0.2) is 78.9 Å². The van der Waals surface area contributed by atoms with E-state index >= 15 is 0 Å². The molecule has 1 saturated heterocycles. The Morgan fingerprint density at radius 3 is 1.84 bits per heavy atom. The van der Waals surface area contributed by atoms with Gasteiger partial charge >= 0.3 is 154 Å². The van der Waals surface area contributed by atoms with Crippen LogP contribution in [0.3, 0.4) is 0 Å². The predicted octanol–water partition coefficient (Wildman–Crippen LogP) is 6.53. The first-order valence-corrected chi connectivity index (χ1v) is 15.7. The Morgan fingerprint density at radius 2 is 1.20 bits per heavy atom. The molecule has 25 heavy (non-hydrogen) atoms. The van der Waals surface area contributed by atoms with Crippen molar-refractivity contribution in [1.82, 2.24) is 0 Å². The van der Waals surface area contributed by atoms with Gasteiger partial charge in [-0.3, -0.25) is 0 Å². The number of fused-ring (bicyclic) bond motifs is 4. The van der Waals surface area contributed by atoms with Gasteiger partial charge in [0.05, 0.1) is 0 Å². The molecule has 0 radical (unpaired) electrons. The van der Waals surface area contributed by atoms with Crippen molar-refractivity contribution in [2.24, 2.45) is 0 Å². The van der Waals surface area contributed by atoms with Crippen LogP contribution in [0.4, 0.5) is 0 Å². The Bertz CT molecular complexity index is 980. The Morgan fingerprint density at radius 1 is 0.640 bits per heavy atom. The molecule has 6 rings (SSSR count). The standard InChI is InChI=1S/C13H9.C9H7.C2H4.Zr/c1-3-7-12-10(5-1)9-11-6-2-4-8-13(11)12;1-2-5-9-7-3-6-8(9)4-1;1-2;/h1-9H;1-7H;1-2H2;. The van der Waals surface area contributed by atoms with E-state index in [2.05, 4.69) is 84.9 Å². The molecule has 1 atom stereocenters. The summed E-state index contributed by atoms with van der Waals surface area (Å²) in [6, 6.07) is 27.5. The van der Waals surface area contributed by atoms with Crippen molar-refractivity contribution in [2.45, 2.75) is 15.5 Å². The molecule has 0 amide bonds. The fourth-order valence-corrected chi connectivity index (χ4v) is 21.8. The second-order valence-electron chi connectivity index (χ2n) is 7.81. The van der Waals surface area contributed by atoms with E-state index in [0.717, 1.165) is 7.25 Å². The third kappa shape index (κ3) is 1.91. The van der Waals surface area contributed by atoms with Crippen molar-refractivity contribution in [3.05, 3.63) is 101 Å². The number of hydrogen-bond donors (Lipinski definition) is 0. The normalized spacial score (nSPS) is 21.7. The van der Waals surface area contributed by atoms with E-state index < -0.39 is 20.3 Å². The van der Waals surface area contributed by atoms with E-state index in [9.17, 15) is 0 Å². The maximum absolute atomic E-state index is 2.57. The summed E-state index contributed by atoms with van der Waals surface area (Å²) in [4.78, 5) is 0. The number of benzene rings is 3. The minimum absolute atomic E-state index is 0.738. The van der Waals surface area contributed by atoms with Crippen molar-refractivity contribution in [3.8, 4) is 11.1 Å². The molecule has 1 heteroatoms. The summed E-state index contributed by atoms with van der Waals surface area (Å²) in [7, 11) is 0. The maximum atomic E-state index is 2.57. The van der Waals surface area contributed by atoms with Gasteiger partial charge in [-0.1, -0.05) is 0 Å². The molecular formula is C24H20Zr. The fourth-order valence-electron chi connectivity index (χ4n) is 5.45. The summed E-state index contributed by atoms with van der Waals surface area (Å²) in [5.74, 6) is 0. The van der Waals surface area contributed by atoms with Gasteiger partial charge in [0.2, 0.25) is 0 Å². The second kappa shape index (κ2) is 5.15. The van der Waals surface area contributed by atoms with Gasteiger partial charge in [-0.15, -0.1) is 0 Å². The average molecular weight is 400 g/mol. The van der Waals surface area contributed by atoms with E-state index in [0.29, 0.717) is 0 Å². The predicted molar refractivity (Wildman–Crippen MR) is 102 cm³/mol. The molecule has 0 saturated carbocycles. The zero-order valence-electron chi connectivity index (χ0n) is 14.2. The summed E-state index contributed by atoms with van der Waals surface area (Å²) in [6.45, 7) is 0. The first-order valence-electron chi connectivity index (χ1n) is 9.34. The number of rotatable bonds is 2. The summed E-state index contributed by atoms with van der Waals surface area (Å²) in [5, 5.41) is 0. The quantitative estimate of drug-likeness (QED) is 0.459. The molecule has 3 aromatic carbocycles. The second-order valence-corrected chi connectivity index (χ2v) is 19.3. The fraction of sp³-hybridized carbons (Fsp3) is 0.167. The zero-order chi connectivity index (χ0) is 16.4. The van der Waals surface area contributed by atoms with Crippen LogP contribution >= 0.6 is 0 Å². The van der Waals surface area contributed by atoms with Crippen molar-refractivity contribution in [1.29, 1.82) is 0 Å². The number of hydrogen-bond acceptors (Lipinski definition) is 0. The van der Waals surface area contributed by atoms with E-state index in [4.69, 9.17) is 0 Å². The van der Waals surface area contributed by atoms with Crippen LogP contribution in [-0.2, 0) is 20.3 Å². The van der Waals surface area contributed by atoms with Gasteiger partial charge in [-0.05, 0) is 0 Å². The van der Waals surface area contributed by atoms with Crippen LogP contribution in [0, 0.1) is 0 Å². The molecule has 0 aromatic heterocycles. The first kappa shape index (κ1) is 14.5. The Hall–Kier alpha value is -1.72. The van der Waals surface area contributed by atoms with Gasteiger partial charge in [0.1, 0.15) is 0 Å². The molecule has 0 bridgehead atoms. The molecule has 1 unspecified atom stereocenters. The molecule has 1 heterocycles. The molecule has 2 aliphatic carbocycles. The molecule has 1 fully saturated rings. The zero-order valence-corrected chi connectivity index (χ0v) is 16.6. The molecule has 3 aliphatic rings. The van der Waals surface area contributed by atoms with Crippen molar-refractivity contribution in [2.75, 3.05) is 0 Å². The molecule has 0 spiro atoms. The molecular weight excluding hydrogens is 379 g/mol. The third-order valence-electron chi connectivity index (χ3n) is 6.65. The van der Waals surface area contributed by atoms with Gasteiger partial charge < -0.3 is 0 Å². The van der Waals surface area contributed by atoms with E-state index in [-0.39, 0.29) is 0 Å². The van der Waals surface area contributed by atoms with Gasteiger partial charge in [0, 0.05) is 0 Å². The minimum atomic E-state index is -2.34. The van der Waals surface area contributed by atoms with Gasteiger partial charge in [0.15, 0.2) is 0 Å². The SMILES string of the molecule is C1=C[CH]([Zr]2([CH]3c4ccccc4-c4ccccc43)[CH2][CH2]2)c2ccccc21. The van der Waals surface area contributed by atoms with E-state index in [1.807, 2.05) is 0 Å². The van der Waals surface area contributed by atoms with Crippen molar-refractivity contribution >= 4 is 6.08 Å². The van der Waals surface area contributed by atoms with Crippen molar-refractivity contribution in [3.63, 3.8) is 0 Å². The summed E-state index contributed by atoms with van der Waals surface area (Å²) >= 11 is -2.34. The summed E-state index contributed by atoms with van der Waals surface area (Å²) in [5.41, 5.74) is 9.36. The summed E-state index contributed by atoms with van der Waals surface area (Å²) in [6.07, 6.45) is 4.96.